The van der Waals surface area contributed by atoms with E-state index in [4.69, 9.17) is 0 Å². The van der Waals surface area contributed by atoms with Gasteiger partial charge in [0.2, 0.25) is 0 Å². The molecule has 0 saturated carbocycles. The van der Waals surface area contributed by atoms with Gasteiger partial charge < -0.3 is 10.2 Å². The van der Waals surface area contributed by atoms with Crippen LogP contribution in [0.3, 0.4) is 0 Å². The van der Waals surface area contributed by atoms with Gasteiger partial charge in [-0.1, -0.05) is 37.9 Å². The zero-order chi connectivity index (χ0) is 20.7. The van der Waals surface area contributed by atoms with Gasteiger partial charge in [-0.05, 0) is 61.9 Å². The minimum absolute atomic E-state index is 0.295. The fraction of sp³-hybridized carbons (Fsp3) is 0.400. The van der Waals surface area contributed by atoms with Gasteiger partial charge >= 0.3 is 0 Å². The van der Waals surface area contributed by atoms with E-state index < -0.39 is 0 Å². The lowest BCUT2D eigenvalue weighted by molar-refractivity contribution is 0.202. The SMILES string of the molecule is C=C1CCC(N2Cc3cc(C4CCN(Cc5cc[nH]n5)CC4)ccc3C2=C)C(=C)N1. The second-order valence-corrected chi connectivity index (χ2v) is 8.92. The standard InChI is InChI=1S/C25H31N5/c1-17-4-7-25(18(2)27-17)30-15-22-14-21(5-6-24(22)19(30)3)20-9-12-29(13-10-20)16-23-8-11-26-28-23/h5-6,8,11,14,20,25,27H,1-4,7,9-10,12-13,15-16H2,(H,26,28). The molecule has 3 aliphatic heterocycles. The first-order chi connectivity index (χ1) is 14.6. The second kappa shape index (κ2) is 7.80. The van der Waals surface area contributed by atoms with Crippen LogP contribution in [-0.4, -0.2) is 39.1 Å². The Kier molecular flexibility index (Phi) is 4.99. The highest BCUT2D eigenvalue weighted by Crippen LogP contribution is 2.39. The van der Waals surface area contributed by atoms with Crippen LogP contribution in [0.25, 0.3) is 5.70 Å². The van der Waals surface area contributed by atoms with Crippen LogP contribution in [0.2, 0.25) is 0 Å². The van der Waals surface area contributed by atoms with Crippen molar-refractivity contribution in [1.29, 1.82) is 0 Å². The Balaban J connectivity index is 1.25. The van der Waals surface area contributed by atoms with Gasteiger partial charge in [-0.15, -0.1) is 0 Å². The van der Waals surface area contributed by atoms with E-state index in [1.165, 1.54) is 29.5 Å². The number of fused-ring (bicyclic) bond motifs is 1. The van der Waals surface area contributed by atoms with E-state index in [0.717, 1.165) is 61.8 Å². The number of hydrogen-bond donors (Lipinski definition) is 2. The lowest BCUT2D eigenvalue weighted by atomic mass is 9.87. The first-order valence-electron chi connectivity index (χ1n) is 11.0. The Hall–Kier alpha value is -2.79. The monoisotopic (exact) mass is 401 g/mol. The molecule has 3 aliphatic rings. The predicted molar refractivity (Wildman–Crippen MR) is 121 cm³/mol. The lowest BCUT2D eigenvalue weighted by Gasteiger charge is -2.36. The summed E-state index contributed by atoms with van der Waals surface area (Å²) >= 11 is 0. The summed E-state index contributed by atoms with van der Waals surface area (Å²) in [6.45, 7) is 16.8. The largest absolute Gasteiger partial charge is 0.362 e. The molecule has 0 radical (unpaired) electrons. The summed E-state index contributed by atoms with van der Waals surface area (Å²) < 4.78 is 0. The van der Waals surface area contributed by atoms with E-state index >= 15 is 0 Å². The number of aromatic amines is 1. The number of likely N-dealkylation sites (tertiary alicyclic amines) is 1. The summed E-state index contributed by atoms with van der Waals surface area (Å²) in [7, 11) is 0. The van der Waals surface area contributed by atoms with Crippen LogP contribution < -0.4 is 5.32 Å². The van der Waals surface area contributed by atoms with Crippen molar-refractivity contribution < 1.29 is 0 Å². The first-order valence-corrected chi connectivity index (χ1v) is 11.0. The van der Waals surface area contributed by atoms with Crippen LogP contribution >= 0.6 is 0 Å². The number of allylic oxidation sites excluding steroid dienone is 1. The Morgan fingerprint density at radius 1 is 1.07 bits per heavy atom. The minimum Gasteiger partial charge on any atom is -0.362 e. The molecule has 0 aliphatic carbocycles. The van der Waals surface area contributed by atoms with Crippen molar-refractivity contribution in [2.45, 2.75) is 50.7 Å². The van der Waals surface area contributed by atoms with Gasteiger partial charge in [-0.2, -0.15) is 5.10 Å². The highest BCUT2D eigenvalue weighted by Gasteiger charge is 2.32. The average molecular weight is 402 g/mol. The number of piperidine rings is 2. The van der Waals surface area contributed by atoms with Crippen LogP contribution in [0.5, 0.6) is 0 Å². The third-order valence-corrected chi connectivity index (χ3v) is 6.97. The zero-order valence-corrected chi connectivity index (χ0v) is 17.7. The molecule has 156 valence electrons. The normalized spacial score (nSPS) is 23.0. The molecule has 5 nitrogen and oxygen atoms in total. The molecule has 2 fully saturated rings. The molecule has 30 heavy (non-hydrogen) atoms. The van der Waals surface area contributed by atoms with Gasteiger partial charge in [0.1, 0.15) is 0 Å². The van der Waals surface area contributed by atoms with Crippen LogP contribution in [0, 0.1) is 0 Å². The molecule has 2 saturated heterocycles. The number of rotatable bonds is 4. The van der Waals surface area contributed by atoms with Crippen molar-refractivity contribution in [2.24, 2.45) is 0 Å². The summed E-state index contributed by atoms with van der Waals surface area (Å²) in [6, 6.07) is 9.42. The third kappa shape index (κ3) is 3.58. The van der Waals surface area contributed by atoms with Crippen molar-refractivity contribution in [3.05, 3.63) is 84.0 Å². The average Bonchev–Trinajstić information content (AvgIpc) is 3.36. The fourth-order valence-electron chi connectivity index (χ4n) is 5.25. The minimum atomic E-state index is 0.295. The third-order valence-electron chi connectivity index (χ3n) is 6.97. The van der Waals surface area contributed by atoms with E-state index in [1.807, 2.05) is 6.20 Å². The van der Waals surface area contributed by atoms with Gasteiger partial charge in [0, 0.05) is 41.9 Å². The molecule has 0 bridgehead atoms. The van der Waals surface area contributed by atoms with Crippen molar-refractivity contribution in [3.63, 3.8) is 0 Å². The van der Waals surface area contributed by atoms with Crippen LogP contribution in [0.4, 0.5) is 0 Å². The summed E-state index contributed by atoms with van der Waals surface area (Å²) in [5, 5.41) is 10.6. The molecule has 1 atom stereocenters. The molecule has 1 unspecified atom stereocenters. The second-order valence-electron chi connectivity index (χ2n) is 8.92. The van der Waals surface area contributed by atoms with Crippen molar-refractivity contribution in [1.82, 2.24) is 25.3 Å². The zero-order valence-electron chi connectivity index (χ0n) is 17.7. The topological polar surface area (TPSA) is 47.2 Å². The van der Waals surface area contributed by atoms with Crippen molar-refractivity contribution in [2.75, 3.05) is 13.1 Å². The number of aromatic nitrogens is 2. The van der Waals surface area contributed by atoms with Gasteiger partial charge in [-0.3, -0.25) is 10.00 Å². The maximum atomic E-state index is 4.41. The van der Waals surface area contributed by atoms with Crippen molar-refractivity contribution in [3.8, 4) is 0 Å². The molecule has 0 spiro atoms. The summed E-state index contributed by atoms with van der Waals surface area (Å²) in [4.78, 5) is 4.93. The summed E-state index contributed by atoms with van der Waals surface area (Å²) in [5.74, 6) is 0.641. The quantitative estimate of drug-likeness (QED) is 0.799. The van der Waals surface area contributed by atoms with Crippen LogP contribution in [0.1, 0.15) is 54.0 Å². The molecule has 4 heterocycles. The van der Waals surface area contributed by atoms with E-state index in [1.54, 1.807) is 0 Å². The molecule has 1 aromatic heterocycles. The molecular formula is C25H31N5. The maximum Gasteiger partial charge on any atom is 0.0762 e. The fourth-order valence-corrected chi connectivity index (χ4v) is 5.25. The molecular weight excluding hydrogens is 370 g/mol. The molecule has 5 rings (SSSR count). The highest BCUT2D eigenvalue weighted by atomic mass is 15.2. The van der Waals surface area contributed by atoms with Gasteiger partial charge in [0.25, 0.3) is 0 Å². The first kappa shape index (κ1) is 19.2. The number of H-pyrrole nitrogens is 1. The number of hydrogen-bond acceptors (Lipinski definition) is 4. The molecule has 2 aromatic rings. The predicted octanol–water partition coefficient (Wildman–Crippen LogP) is 4.36. The smallest absolute Gasteiger partial charge is 0.0762 e. The Labute approximate surface area is 179 Å². The van der Waals surface area contributed by atoms with Gasteiger partial charge in [0.05, 0.1) is 11.7 Å². The van der Waals surface area contributed by atoms with Gasteiger partial charge in [0.15, 0.2) is 0 Å². The van der Waals surface area contributed by atoms with E-state index in [9.17, 15) is 0 Å². The molecule has 0 amide bonds. The van der Waals surface area contributed by atoms with Crippen molar-refractivity contribution >= 4 is 5.70 Å². The maximum absolute atomic E-state index is 4.41. The summed E-state index contributed by atoms with van der Waals surface area (Å²) in [6.07, 6.45) is 6.36. The van der Waals surface area contributed by atoms with Gasteiger partial charge in [-0.25, -0.2) is 0 Å². The molecule has 5 heteroatoms. The van der Waals surface area contributed by atoms with Crippen LogP contribution in [-0.2, 0) is 13.1 Å². The van der Waals surface area contributed by atoms with E-state index in [0.29, 0.717) is 12.0 Å². The Morgan fingerprint density at radius 2 is 1.90 bits per heavy atom. The Morgan fingerprint density at radius 3 is 2.63 bits per heavy atom. The lowest BCUT2D eigenvalue weighted by Crippen LogP contribution is -2.39. The molecule has 2 N–H and O–H groups in total. The van der Waals surface area contributed by atoms with E-state index in [2.05, 4.69) is 69.3 Å². The molecule has 1 aromatic carbocycles. The highest BCUT2D eigenvalue weighted by molar-refractivity contribution is 5.70. The van der Waals surface area contributed by atoms with Crippen LogP contribution in [0.15, 0.2) is 61.6 Å². The summed E-state index contributed by atoms with van der Waals surface area (Å²) in [5.41, 5.74) is 8.57. The number of nitrogens with one attached hydrogen (secondary N) is 2. The Bertz CT molecular complexity index is 965. The van der Waals surface area contributed by atoms with E-state index in [-0.39, 0.29) is 0 Å². The number of nitrogens with zero attached hydrogens (tertiary/aromatic N) is 3. The number of benzene rings is 1.